The Balaban J connectivity index is 2.05. The highest BCUT2D eigenvalue weighted by atomic mass is 16.5. The molecule has 0 bridgehead atoms. The highest BCUT2D eigenvalue weighted by Gasteiger charge is 1.93. The van der Waals surface area contributed by atoms with Crippen molar-refractivity contribution in [1.29, 1.82) is 0 Å². The van der Waals surface area contributed by atoms with Crippen molar-refractivity contribution >= 4 is 5.69 Å². The maximum absolute atomic E-state index is 8.66. The molecule has 0 atom stereocenters. The van der Waals surface area contributed by atoms with E-state index in [0.717, 1.165) is 22.6 Å². The molecule has 0 saturated carbocycles. The van der Waals surface area contributed by atoms with Crippen LogP contribution in [0.5, 0.6) is 5.75 Å². The summed E-state index contributed by atoms with van der Waals surface area (Å²) in [5.74, 6) is 6.86. The number of nitrogens with two attached hydrogens (primary N) is 1. The first kappa shape index (κ1) is 13.0. The van der Waals surface area contributed by atoms with Gasteiger partial charge in [0.05, 0.1) is 6.61 Å². The van der Waals surface area contributed by atoms with Crippen molar-refractivity contribution in [3.63, 3.8) is 0 Å². The van der Waals surface area contributed by atoms with Crippen molar-refractivity contribution in [3.8, 4) is 17.6 Å². The minimum Gasteiger partial charge on any atom is -0.491 e. The molecule has 3 nitrogen and oxygen atoms in total. The number of ether oxygens (including phenoxy) is 1. The van der Waals surface area contributed by atoms with Crippen molar-refractivity contribution in [2.45, 2.75) is 0 Å². The highest BCUT2D eigenvalue weighted by molar-refractivity contribution is 5.48. The Morgan fingerprint density at radius 1 is 0.895 bits per heavy atom. The zero-order valence-corrected chi connectivity index (χ0v) is 10.5. The van der Waals surface area contributed by atoms with Crippen LogP contribution in [0.15, 0.2) is 48.5 Å². The van der Waals surface area contributed by atoms with Crippen LogP contribution < -0.4 is 10.5 Å². The van der Waals surface area contributed by atoms with Gasteiger partial charge in [-0.3, -0.25) is 0 Å². The minimum atomic E-state index is 0.0126. The summed E-state index contributed by atoms with van der Waals surface area (Å²) in [5, 5.41) is 8.66. The van der Waals surface area contributed by atoms with E-state index in [1.54, 1.807) is 0 Å². The van der Waals surface area contributed by atoms with Gasteiger partial charge in [-0.2, -0.15) is 0 Å². The van der Waals surface area contributed by atoms with E-state index >= 15 is 0 Å². The first-order chi connectivity index (χ1) is 9.28. The topological polar surface area (TPSA) is 55.5 Å². The lowest BCUT2D eigenvalue weighted by Gasteiger charge is -2.02. The van der Waals surface area contributed by atoms with E-state index in [-0.39, 0.29) is 6.61 Å². The molecular weight excluding hydrogens is 238 g/mol. The third-order valence-electron chi connectivity index (χ3n) is 2.48. The molecule has 2 rings (SSSR count). The molecule has 0 fully saturated rings. The number of rotatable bonds is 3. The molecule has 0 aromatic heterocycles. The smallest absolute Gasteiger partial charge is 0.119 e. The molecule has 0 unspecified atom stereocenters. The summed E-state index contributed by atoms with van der Waals surface area (Å²) < 4.78 is 5.27. The molecule has 96 valence electrons. The quantitative estimate of drug-likeness (QED) is 0.650. The van der Waals surface area contributed by atoms with Crippen LogP contribution in [0.25, 0.3) is 0 Å². The van der Waals surface area contributed by atoms with E-state index in [1.165, 1.54) is 0 Å². The standard InChI is InChI=1S/C16H15NO2/c17-15-7-3-13(4-8-15)1-2-14-5-9-16(10-6-14)19-12-11-18/h3-10,18H,11-12,17H2. The molecule has 0 amide bonds. The molecule has 0 aliphatic heterocycles. The van der Waals surface area contributed by atoms with Crippen molar-refractivity contribution < 1.29 is 9.84 Å². The maximum atomic E-state index is 8.66. The summed E-state index contributed by atoms with van der Waals surface area (Å²) in [4.78, 5) is 0. The normalized spacial score (nSPS) is 9.53. The van der Waals surface area contributed by atoms with Crippen molar-refractivity contribution in [2.75, 3.05) is 18.9 Å². The number of anilines is 1. The summed E-state index contributed by atoms with van der Waals surface area (Å²) >= 11 is 0. The molecule has 0 radical (unpaired) electrons. The largest absolute Gasteiger partial charge is 0.491 e. The Morgan fingerprint density at radius 2 is 1.42 bits per heavy atom. The van der Waals surface area contributed by atoms with Crippen LogP contribution in [0.4, 0.5) is 5.69 Å². The second-order valence-corrected chi connectivity index (χ2v) is 3.97. The fourth-order valence-corrected chi connectivity index (χ4v) is 1.51. The van der Waals surface area contributed by atoms with Gasteiger partial charge in [0.25, 0.3) is 0 Å². The fraction of sp³-hybridized carbons (Fsp3) is 0.125. The molecular formula is C16H15NO2. The molecule has 0 saturated heterocycles. The zero-order valence-electron chi connectivity index (χ0n) is 10.5. The van der Waals surface area contributed by atoms with Gasteiger partial charge < -0.3 is 15.6 Å². The van der Waals surface area contributed by atoms with Crippen LogP contribution in [0.3, 0.4) is 0 Å². The minimum absolute atomic E-state index is 0.0126. The van der Waals surface area contributed by atoms with Crippen LogP contribution in [0.2, 0.25) is 0 Å². The monoisotopic (exact) mass is 253 g/mol. The third kappa shape index (κ3) is 4.06. The van der Waals surface area contributed by atoms with Crippen molar-refractivity contribution in [2.24, 2.45) is 0 Å². The molecule has 0 aliphatic carbocycles. The first-order valence-electron chi connectivity index (χ1n) is 5.99. The van der Waals surface area contributed by atoms with E-state index in [0.29, 0.717) is 6.61 Å². The molecule has 0 aliphatic rings. The first-order valence-corrected chi connectivity index (χ1v) is 5.99. The number of hydrogen-bond donors (Lipinski definition) is 2. The van der Waals surface area contributed by atoms with Crippen LogP contribution in [-0.4, -0.2) is 18.3 Å². The number of benzene rings is 2. The number of aliphatic hydroxyl groups is 1. The summed E-state index contributed by atoms with van der Waals surface area (Å²) in [6, 6.07) is 14.9. The van der Waals surface area contributed by atoms with Gasteiger partial charge in [-0.15, -0.1) is 0 Å². The van der Waals surface area contributed by atoms with E-state index in [4.69, 9.17) is 15.6 Å². The van der Waals surface area contributed by atoms with E-state index < -0.39 is 0 Å². The van der Waals surface area contributed by atoms with Gasteiger partial charge in [0.15, 0.2) is 0 Å². The zero-order chi connectivity index (χ0) is 13.5. The van der Waals surface area contributed by atoms with Gasteiger partial charge in [-0.25, -0.2) is 0 Å². The fourth-order valence-electron chi connectivity index (χ4n) is 1.51. The number of hydrogen-bond acceptors (Lipinski definition) is 3. The third-order valence-corrected chi connectivity index (χ3v) is 2.48. The van der Waals surface area contributed by atoms with Gasteiger partial charge >= 0.3 is 0 Å². The van der Waals surface area contributed by atoms with Crippen LogP contribution >= 0.6 is 0 Å². The molecule has 2 aromatic rings. The van der Waals surface area contributed by atoms with E-state index in [2.05, 4.69) is 11.8 Å². The Bertz CT molecular complexity index is 577. The Hall–Kier alpha value is -2.44. The summed E-state index contributed by atoms with van der Waals surface area (Å²) in [7, 11) is 0. The predicted octanol–water partition coefficient (Wildman–Crippen LogP) is 2.04. The summed E-state index contributed by atoms with van der Waals surface area (Å²) in [6.45, 7) is 0.315. The lowest BCUT2D eigenvalue weighted by atomic mass is 10.1. The molecule has 2 aromatic carbocycles. The van der Waals surface area contributed by atoms with E-state index in [1.807, 2.05) is 48.5 Å². The van der Waals surface area contributed by atoms with Crippen molar-refractivity contribution in [3.05, 3.63) is 59.7 Å². The highest BCUT2D eigenvalue weighted by Crippen LogP contribution is 2.11. The molecule has 0 spiro atoms. The molecule has 0 heterocycles. The molecule has 3 N–H and O–H groups in total. The summed E-state index contributed by atoms with van der Waals surface area (Å²) in [6.07, 6.45) is 0. The Morgan fingerprint density at radius 3 is 1.95 bits per heavy atom. The number of nitrogen functional groups attached to an aromatic ring is 1. The Kier molecular flexibility index (Phi) is 4.44. The number of aliphatic hydroxyl groups excluding tert-OH is 1. The van der Waals surface area contributed by atoms with E-state index in [9.17, 15) is 0 Å². The SMILES string of the molecule is Nc1ccc(C#Cc2ccc(OCCO)cc2)cc1. The second kappa shape index (κ2) is 6.48. The van der Waals surface area contributed by atoms with Gasteiger partial charge in [0, 0.05) is 16.8 Å². The van der Waals surface area contributed by atoms with Crippen LogP contribution in [0, 0.1) is 11.8 Å². The predicted molar refractivity (Wildman–Crippen MR) is 75.9 cm³/mol. The maximum Gasteiger partial charge on any atom is 0.119 e. The van der Waals surface area contributed by atoms with Crippen LogP contribution in [-0.2, 0) is 0 Å². The molecule has 19 heavy (non-hydrogen) atoms. The van der Waals surface area contributed by atoms with Gasteiger partial charge in [-0.05, 0) is 48.5 Å². The Labute approximate surface area is 112 Å². The molecule has 3 heteroatoms. The lowest BCUT2D eigenvalue weighted by Crippen LogP contribution is -2.01. The van der Waals surface area contributed by atoms with Gasteiger partial charge in [0.1, 0.15) is 12.4 Å². The van der Waals surface area contributed by atoms with Crippen molar-refractivity contribution in [1.82, 2.24) is 0 Å². The average Bonchev–Trinajstić information content (AvgIpc) is 2.46. The van der Waals surface area contributed by atoms with Crippen LogP contribution in [0.1, 0.15) is 11.1 Å². The van der Waals surface area contributed by atoms with Gasteiger partial charge in [0.2, 0.25) is 0 Å². The average molecular weight is 253 g/mol. The lowest BCUT2D eigenvalue weighted by molar-refractivity contribution is 0.201. The van der Waals surface area contributed by atoms with Gasteiger partial charge in [-0.1, -0.05) is 11.8 Å². The second-order valence-electron chi connectivity index (χ2n) is 3.97. The summed E-state index contributed by atoms with van der Waals surface area (Å²) in [5.41, 5.74) is 8.18.